The van der Waals surface area contributed by atoms with Crippen molar-refractivity contribution in [2.24, 2.45) is 0 Å². The SMILES string of the molecule is O=C(NS(=O)(=O)C(F)(F)F)c1cc(I)cc(I)c1[O-]. The van der Waals surface area contributed by atoms with Crippen molar-refractivity contribution in [3.05, 3.63) is 24.8 Å². The van der Waals surface area contributed by atoms with Gasteiger partial charge in [-0.2, -0.15) is 21.6 Å². The second-order valence-electron chi connectivity index (χ2n) is 3.14. The lowest BCUT2D eigenvalue weighted by Crippen LogP contribution is -2.40. The molecule has 1 N–H and O–H groups in total. The Balaban J connectivity index is 3.18. The van der Waals surface area contributed by atoms with E-state index in [1.54, 1.807) is 45.2 Å². The Morgan fingerprint density at radius 1 is 1.26 bits per heavy atom. The van der Waals surface area contributed by atoms with E-state index in [0.29, 0.717) is 3.57 Å². The van der Waals surface area contributed by atoms with Crippen molar-refractivity contribution < 1.29 is 31.5 Å². The van der Waals surface area contributed by atoms with Gasteiger partial charge in [0.2, 0.25) is 0 Å². The third-order valence-electron chi connectivity index (χ3n) is 1.78. The van der Waals surface area contributed by atoms with Crippen LogP contribution in [-0.4, -0.2) is 19.8 Å². The molecule has 1 aromatic rings. The Labute approximate surface area is 132 Å². The molecule has 0 bridgehead atoms. The number of sulfonamides is 1. The van der Waals surface area contributed by atoms with Crippen molar-refractivity contribution in [2.45, 2.75) is 5.51 Å². The average Bonchev–Trinajstić information content (AvgIpc) is 2.20. The fourth-order valence-corrected chi connectivity index (χ4v) is 3.28. The second kappa shape index (κ2) is 5.59. The average molecular weight is 520 g/mol. The molecule has 0 aliphatic heterocycles. The number of rotatable bonds is 2. The Morgan fingerprint density at radius 3 is 2.26 bits per heavy atom. The van der Waals surface area contributed by atoms with Crippen LogP contribution in [0.5, 0.6) is 5.75 Å². The maximum atomic E-state index is 12.1. The van der Waals surface area contributed by atoms with Crippen LogP contribution < -0.4 is 9.83 Å². The molecule has 1 aromatic carbocycles. The van der Waals surface area contributed by atoms with Gasteiger partial charge in [0, 0.05) is 12.7 Å². The minimum atomic E-state index is -5.83. The molecule has 0 aliphatic rings. The van der Waals surface area contributed by atoms with E-state index in [1.807, 2.05) is 0 Å². The van der Waals surface area contributed by atoms with Gasteiger partial charge in [0.1, 0.15) is 0 Å². The molecule has 0 aromatic heterocycles. The highest BCUT2D eigenvalue weighted by molar-refractivity contribution is 14.1. The molecule has 0 unspecified atom stereocenters. The lowest BCUT2D eigenvalue weighted by atomic mass is 10.2. The van der Waals surface area contributed by atoms with Crippen molar-refractivity contribution in [3.63, 3.8) is 0 Å². The highest BCUT2D eigenvalue weighted by Crippen LogP contribution is 2.26. The molecule has 19 heavy (non-hydrogen) atoms. The first-order valence-electron chi connectivity index (χ1n) is 4.25. The predicted molar refractivity (Wildman–Crippen MR) is 73.8 cm³/mol. The van der Waals surface area contributed by atoms with Crippen LogP contribution in [0.1, 0.15) is 10.4 Å². The summed E-state index contributed by atoms with van der Waals surface area (Å²) in [4.78, 5) is 11.4. The second-order valence-corrected chi connectivity index (χ2v) is 7.23. The first-order chi connectivity index (χ1) is 8.45. The van der Waals surface area contributed by atoms with E-state index in [0.717, 1.165) is 10.8 Å². The minimum Gasteiger partial charge on any atom is -0.871 e. The smallest absolute Gasteiger partial charge is 0.516 e. The van der Waals surface area contributed by atoms with Gasteiger partial charge < -0.3 is 5.11 Å². The van der Waals surface area contributed by atoms with Gasteiger partial charge in [0.15, 0.2) is 0 Å². The molecule has 5 nitrogen and oxygen atoms in total. The standard InChI is InChI=1S/C8H4F3I2NO4S/c9-8(10,11)19(17,18)14-7(16)4-1-3(12)2-5(13)6(4)15/h1-2,15H,(H,14,16)/p-1. The molecule has 1 amide bonds. The Bertz CT molecular complexity index is 630. The number of carbonyl (C=O) groups is 1. The molecule has 0 atom stereocenters. The summed E-state index contributed by atoms with van der Waals surface area (Å²) in [6.45, 7) is 0. The number of alkyl halides is 3. The highest BCUT2D eigenvalue weighted by atomic mass is 127. The molecule has 0 saturated heterocycles. The Kier molecular flexibility index (Phi) is 4.93. The Morgan fingerprint density at radius 2 is 1.79 bits per heavy atom. The van der Waals surface area contributed by atoms with Crippen LogP contribution in [0.15, 0.2) is 12.1 Å². The molecule has 11 heteroatoms. The van der Waals surface area contributed by atoms with E-state index in [1.165, 1.54) is 6.07 Å². The van der Waals surface area contributed by atoms with Gasteiger partial charge in [-0.05, 0) is 57.3 Å². The molecular weight excluding hydrogens is 517 g/mol. The van der Waals surface area contributed by atoms with Crippen molar-refractivity contribution in [2.75, 3.05) is 0 Å². The molecular formula is C8H3F3I2NO4S-. The van der Waals surface area contributed by atoms with E-state index in [-0.39, 0.29) is 3.57 Å². The van der Waals surface area contributed by atoms with E-state index >= 15 is 0 Å². The zero-order valence-corrected chi connectivity index (χ0v) is 13.7. The zero-order chi connectivity index (χ0) is 15.0. The summed E-state index contributed by atoms with van der Waals surface area (Å²) >= 11 is 3.33. The monoisotopic (exact) mass is 520 g/mol. The normalized spacial score (nSPS) is 12.3. The molecule has 0 fully saturated rings. The lowest BCUT2D eigenvalue weighted by molar-refractivity contribution is -0.270. The number of carbonyl (C=O) groups excluding carboxylic acids is 1. The minimum absolute atomic E-state index is 0.0963. The number of hydrogen-bond acceptors (Lipinski definition) is 4. The Hall–Kier alpha value is -0.310. The third kappa shape index (κ3) is 3.84. The zero-order valence-electron chi connectivity index (χ0n) is 8.59. The maximum Gasteiger partial charge on any atom is 0.516 e. The molecule has 0 aliphatic carbocycles. The first-order valence-corrected chi connectivity index (χ1v) is 7.89. The number of nitrogens with one attached hydrogen (secondary N) is 1. The van der Waals surface area contributed by atoms with Gasteiger partial charge in [0.25, 0.3) is 5.91 Å². The molecule has 0 radical (unpaired) electrons. The molecule has 1 rings (SSSR count). The van der Waals surface area contributed by atoms with Crippen molar-refractivity contribution in [1.82, 2.24) is 4.72 Å². The van der Waals surface area contributed by atoms with Crippen molar-refractivity contribution >= 4 is 61.1 Å². The molecule has 0 heterocycles. The topological polar surface area (TPSA) is 86.3 Å². The quantitative estimate of drug-likeness (QED) is 0.601. The van der Waals surface area contributed by atoms with Crippen LogP contribution >= 0.6 is 45.2 Å². The van der Waals surface area contributed by atoms with Crippen molar-refractivity contribution in [1.29, 1.82) is 0 Å². The fraction of sp³-hybridized carbons (Fsp3) is 0.125. The van der Waals surface area contributed by atoms with Gasteiger partial charge in [-0.25, -0.2) is 4.72 Å². The van der Waals surface area contributed by atoms with E-state index in [9.17, 15) is 31.5 Å². The van der Waals surface area contributed by atoms with Gasteiger partial charge in [-0.3, -0.25) is 4.79 Å². The number of amides is 1. The van der Waals surface area contributed by atoms with Crippen LogP contribution in [0.2, 0.25) is 0 Å². The van der Waals surface area contributed by atoms with Crippen LogP contribution in [0.3, 0.4) is 0 Å². The number of benzene rings is 1. The van der Waals surface area contributed by atoms with E-state index < -0.39 is 32.8 Å². The van der Waals surface area contributed by atoms with Gasteiger partial charge >= 0.3 is 15.5 Å². The summed E-state index contributed by atoms with van der Waals surface area (Å²) in [5, 5.41) is 11.6. The van der Waals surface area contributed by atoms with Gasteiger partial charge in [0.05, 0.1) is 0 Å². The molecule has 106 valence electrons. The van der Waals surface area contributed by atoms with Crippen LogP contribution in [0.4, 0.5) is 13.2 Å². The predicted octanol–water partition coefficient (Wildman–Crippen LogP) is 1.55. The summed E-state index contributed by atoms with van der Waals surface area (Å²) < 4.78 is 59.1. The van der Waals surface area contributed by atoms with Crippen molar-refractivity contribution in [3.8, 4) is 5.75 Å². The van der Waals surface area contributed by atoms with Crippen LogP contribution in [0.25, 0.3) is 0 Å². The van der Waals surface area contributed by atoms with E-state index in [4.69, 9.17) is 0 Å². The van der Waals surface area contributed by atoms with E-state index in [2.05, 4.69) is 0 Å². The third-order valence-corrected chi connectivity index (χ3v) is 4.27. The van der Waals surface area contributed by atoms with Crippen LogP contribution in [-0.2, 0) is 10.0 Å². The summed E-state index contributed by atoms with van der Waals surface area (Å²) in [5.41, 5.74) is -6.29. The van der Waals surface area contributed by atoms with Crippen LogP contribution in [0, 0.1) is 7.14 Å². The van der Waals surface area contributed by atoms with Gasteiger partial charge in [-0.15, -0.1) is 0 Å². The summed E-state index contributed by atoms with van der Waals surface area (Å²) in [5.74, 6) is -2.45. The number of hydrogen-bond donors (Lipinski definition) is 1. The highest BCUT2D eigenvalue weighted by Gasteiger charge is 2.47. The molecule has 0 saturated carbocycles. The first kappa shape index (κ1) is 16.7. The molecule has 0 spiro atoms. The lowest BCUT2D eigenvalue weighted by Gasteiger charge is -2.16. The summed E-state index contributed by atoms with van der Waals surface area (Å²) in [6, 6.07) is 2.41. The van der Waals surface area contributed by atoms with Gasteiger partial charge in [-0.1, -0.05) is 5.75 Å². The number of halogens is 5. The summed E-state index contributed by atoms with van der Waals surface area (Å²) in [6.07, 6.45) is 0. The maximum absolute atomic E-state index is 12.1. The summed E-state index contributed by atoms with van der Waals surface area (Å²) in [7, 11) is -5.83. The fourth-order valence-electron chi connectivity index (χ4n) is 0.964. The largest absolute Gasteiger partial charge is 0.871 e.